The van der Waals surface area contributed by atoms with Gasteiger partial charge in [-0.05, 0) is 43.5 Å². The predicted octanol–water partition coefficient (Wildman–Crippen LogP) is 3.21. The van der Waals surface area contributed by atoms with Gasteiger partial charge in [0.25, 0.3) is 5.91 Å². The third kappa shape index (κ3) is 4.39. The molecule has 0 aliphatic carbocycles. The molecular weight excluding hydrogens is 323 g/mol. The first-order valence-electron chi connectivity index (χ1n) is 8.63. The number of piperidine rings is 1. The molecule has 1 N–H and O–H groups in total. The Hall–Kier alpha value is -2.34. The van der Waals surface area contributed by atoms with Crippen molar-refractivity contribution in [2.75, 3.05) is 19.7 Å². The number of nitrogens with one attached hydrogen (secondary N) is 1. The lowest BCUT2D eigenvalue weighted by Crippen LogP contribution is -2.44. The lowest BCUT2D eigenvalue weighted by Gasteiger charge is -2.32. The summed E-state index contributed by atoms with van der Waals surface area (Å²) in [5.74, 6) is -0.0280. The number of nitrogens with zero attached hydrogens (tertiary/aromatic N) is 1. The van der Waals surface area contributed by atoms with Crippen LogP contribution in [0.2, 0.25) is 0 Å². The summed E-state index contributed by atoms with van der Waals surface area (Å²) in [4.78, 5) is 14.1. The third-order valence-electron chi connectivity index (χ3n) is 4.44. The van der Waals surface area contributed by atoms with E-state index in [1.165, 1.54) is 18.6 Å². The van der Waals surface area contributed by atoms with Crippen LogP contribution in [0.1, 0.15) is 35.7 Å². The van der Waals surface area contributed by atoms with Gasteiger partial charge >= 0.3 is 0 Å². The van der Waals surface area contributed by atoms with E-state index in [4.69, 9.17) is 9.15 Å². The first kappa shape index (κ1) is 17.5. The van der Waals surface area contributed by atoms with Crippen molar-refractivity contribution in [2.24, 2.45) is 0 Å². The molecule has 2 aromatic rings. The molecule has 5 nitrogen and oxygen atoms in total. The fourth-order valence-corrected chi connectivity index (χ4v) is 3.04. The number of amides is 1. The SMILES string of the molecule is CCOc1ccc(CNC2CCN(C(=O)c3ccoc3)CC2)cc1F. The van der Waals surface area contributed by atoms with E-state index in [-0.39, 0.29) is 17.5 Å². The molecule has 6 heteroatoms. The molecule has 1 aliphatic heterocycles. The first-order chi connectivity index (χ1) is 12.2. The Balaban J connectivity index is 1.46. The lowest BCUT2D eigenvalue weighted by atomic mass is 10.0. The number of hydrogen-bond donors (Lipinski definition) is 1. The van der Waals surface area contributed by atoms with Gasteiger partial charge in [-0.2, -0.15) is 0 Å². The number of halogens is 1. The van der Waals surface area contributed by atoms with Gasteiger partial charge in [0.1, 0.15) is 6.26 Å². The van der Waals surface area contributed by atoms with Crippen LogP contribution in [0.5, 0.6) is 5.75 Å². The van der Waals surface area contributed by atoms with Crippen LogP contribution in [0.3, 0.4) is 0 Å². The van der Waals surface area contributed by atoms with Crippen molar-refractivity contribution in [1.29, 1.82) is 0 Å². The molecule has 0 atom stereocenters. The van der Waals surface area contributed by atoms with Gasteiger partial charge in [-0.15, -0.1) is 0 Å². The highest BCUT2D eigenvalue weighted by atomic mass is 19.1. The van der Waals surface area contributed by atoms with Crippen LogP contribution in [-0.2, 0) is 6.54 Å². The predicted molar refractivity (Wildman–Crippen MR) is 92.0 cm³/mol. The fourth-order valence-electron chi connectivity index (χ4n) is 3.04. The van der Waals surface area contributed by atoms with E-state index in [9.17, 15) is 9.18 Å². The van der Waals surface area contributed by atoms with E-state index in [0.29, 0.717) is 37.8 Å². The number of likely N-dealkylation sites (tertiary alicyclic amines) is 1. The number of furan rings is 1. The normalized spacial score (nSPS) is 15.4. The lowest BCUT2D eigenvalue weighted by molar-refractivity contribution is 0.0704. The zero-order valence-electron chi connectivity index (χ0n) is 14.3. The highest BCUT2D eigenvalue weighted by Gasteiger charge is 2.23. The molecule has 2 heterocycles. The minimum Gasteiger partial charge on any atom is -0.491 e. The molecular formula is C19H23FN2O3. The second-order valence-electron chi connectivity index (χ2n) is 6.16. The Morgan fingerprint density at radius 2 is 2.16 bits per heavy atom. The topological polar surface area (TPSA) is 54.7 Å². The summed E-state index contributed by atoms with van der Waals surface area (Å²) in [7, 11) is 0. The van der Waals surface area contributed by atoms with Crippen LogP contribution in [-0.4, -0.2) is 36.5 Å². The zero-order valence-corrected chi connectivity index (χ0v) is 14.3. The van der Waals surface area contributed by atoms with Gasteiger partial charge in [0.2, 0.25) is 0 Å². The maximum Gasteiger partial charge on any atom is 0.257 e. The van der Waals surface area contributed by atoms with Gasteiger partial charge in [-0.3, -0.25) is 4.79 Å². The summed E-state index contributed by atoms with van der Waals surface area (Å²) in [6.45, 7) is 4.30. The highest BCUT2D eigenvalue weighted by Crippen LogP contribution is 2.19. The summed E-state index contributed by atoms with van der Waals surface area (Å²) in [5, 5.41) is 3.45. The van der Waals surface area contributed by atoms with Crippen molar-refractivity contribution >= 4 is 5.91 Å². The minimum absolute atomic E-state index is 0.0146. The summed E-state index contributed by atoms with van der Waals surface area (Å²) in [6.07, 6.45) is 4.75. The molecule has 1 amide bonds. The molecule has 1 fully saturated rings. The van der Waals surface area contributed by atoms with E-state index in [0.717, 1.165) is 18.4 Å². The summed E-state index contributed by atoms with van der Waals surface area (Å²) < 4.78 is 24.1. The Labute approximate surface area is 146 Å². The van der Waals surface area contributed by atoms with Gasteiger partial charge in [0, 0.05) is 25.7 Å². The molecule has 0 saturated carbocycles. The minimum atomic E-state index is -0.332. The van der Waals surface area contributed by atoms with E-state index in [1.54, 1.807) is 12.1 Å². The highest BCUT2D eigenvalue weighted by molar-refractivity contribution is 5.93. The second-order valence-corrected chi connectivity index (χ2v) is 6.16. The Kier molecular flexibility index (Phi) is 5.71. The molecule has 1 aromatic carbocycles. The quantitative estimate of drug-likeness (QED) is 0.873. The van der Waals surface area contributed by atoms with Gasteiger partial charge in [-0.1, -0.05) is 6.07 Å². The van der Waals surface area contributed by atoms with Crippen LogP contribution < -0.4 is 10.1 Å². The van der Waals surface area contributed by atoms with E-state index >= 15 is 0 Å². The second kappa shape index (κ2) is 8.16. The molecule has 1 saturated heterocycles. The Morgan fingerprint density at radius 1 is 1.36 bits per heavy atom. The number of benzene rings is 1. The molecule has 0 spiro atoms. The molecule has 1 aromatic heterocycles. The van der Waals surface area contributed by atoms with Gasteiger partial charge in [0.15, 0.2) is 11.6 Å². The van der Waals surface area contributed by atoms with E-state index < -0.39 is 0 Å². The largest absolute Gasteiger partial charge is 0.491 e. The van der Waals surface area contributed by atoms with Crippen LogP contribution in [0.25, 0.3) is 0 Å². The number of ether oxygens (including phenoxy) is 1. The fraction of sp³-hybridized carbons (Fsp3) is 0.421. The Morgan fingerprint density at radius 3 is 2.80 bits per heavy atom. The van der Waals surface area contributed by atoms with Crippen molar-refractivity contribution in [3.8, 4) is 5.75 Å². The van der Waals surface area contributed by atoms with Crippen molar-refractivity contribution in [2.45, 2.75) is 32.4 Å². The molecule has 3 rings (SSSR count). The average Bonchev–Trinajstić information content (AvgIpc) is 3.17. The number of carbonyl (C=O) groups is 1. The third-order valence-corrected chi connectivity index (χ3v) is 4.44. The van der Waals surface area contributed by atoms with Gasteiger partial charge < -0.3 is 19.4 Å². The van der Waals surface area contributed by atoms with Crippen LogP contribution >= 0.6 is 0 Å². The number of carbonyl (C=O) groups excluding carboxylic acids is 1. The van der Waals surface area contributed by atoms with Crippen LogP contribution in [0, 0.1) is 5.82 Å². The molecule has 0 radical (unpaired) electrons. The Bertz CT molecular complexity index is 695. The average molecular weight is 346 g/mol. The van der Waals surface area contributed by atoms with E-state index in [2.05, 4.69) is 5.32 Å². The standard InChI is InChI=1S/C19H23FN2O3/c1-2-25-18-4-3-14(11-17(18)20)12-21-16-5-8-22(9-6-16)19(23)15-7-10-24-13-15/h3-4,7,10-11,13,16,21H,2,5-6,8-9,12H2,1H3. The molecule has 1 aliphatic rings. The van der Waals surface area contributed by atoms with Crippen molar-refractivity contribution in [1.82, 2.24) is 10.2 Å². The number of hydrogen-bond acceptors (Lipinski definition) is 4. The maximum atomic E-state index is 13.9. The summed E-state index contributed by atoms with van der Waals surface area (Å²) in [6, 6.07) is 7.06. The molecule has 25 heavy (non-hydrogen) atoms. The molecule has 0 bridgehead atoms. The van der Waals surface area contributed by atoms with Gasteiger partial charge in [-0.25, -0.2) is 4.39 Å². The summed E-state index contributed by atoms with van der Waals surface area (Å²) in [5.41, 5.74) is 1.48. The number of rotatable bonds is 6. The van der Waals surface area contributed by atoms with Crippen LogP contribution in [0.15, 0.2) is 41.2 Å². The van der Waals surface area contributed by atoms with E-state index in [1.807, 2.05) is 17.9 Å². The maximum absolute atomic E-state index is 13.9. The summed E-state index contributed by atoms with van der Waals surface area (Å²) >= 11 is 0. The van der Waals surface area contributed by atoms with Crippen LogP contribution in [0.4, 0.5) is 4.39 Å². The molecule has 134 valence electrons. The smallest absolute Gasteiger partial charge is 0.257 e. The van der Waals surface area contributed by atoms with Crippen molar-refractivity contribution in [3.05, 3.63) is 53.7 Å². The van der Waals surface area contributed by atoms with Crippen molar-refractivity contribution < 1.29 is 18.3 Å². The molecule has 0 unspecified atom stereocenters. The van der Waals surface area contributed by atoms with Gasteiger partial charge in [0.05, 0.1) is 18.4 Å². The monoisotopic (exact) mass is 346 g/mol. The first-order valence-corrected chi connectivity index (χ1v) is 8.63. The zero-order chi connectivity index (χ0) is 17.6. The van der Waals surface area contributed by atoms with Crippen molar-refractivity contribution in [3.63, 3.8) is 0 Å².